The summed E-state index contributed by atoms with van der Waals surface area (Å²) in [7, 11) is 3.36. The van der Waals surface area contributed by atoms with Crippen LogP contribution in [0.2, 0.25) is 0 Å². The van der Waals surface area contributed by atoms with Gasteiger partial charge in [0.2, 0.25) is 0 Å². The molecule has 3 heterocycles. The molecule has 1 aliphatic heterocycles. The van der Waals surface area contributed by atoms with Gasteiger partial charge in [0.05, 0.1) is 20.3 Å². The van der Waals surface area contributed by atoms with E-state index in [1.165, 1.54) is 16.7 Å². The van der Waals surface area contributed by atoms with Crippen LogP contribution in [0, 0.1) is 0 Å². The zero-order valence-electron chi connectivity index (χ0n) is 18.0. The van der Waals surface area contributed by atoms with E-state index in [9.17, 15) is 0 Å². The SMILES string of the molecule is COc1cc2c(cc1OC)C(c1ccncc1)N(Cc1cnc(C(C)C)nc1)CC2. The maximum atomic E-state index is 5.60. The van der Waals surface area contributed by atoms with Crippen molar-refractivity contribution in [2.45, 2.75) is 38.8 Å². The molecule has 1 aliphatic rings. The number of fused-ring (bicyclic) bond motifs is 1. The zero-order chi connectivity index (χ0) is 21.1. The molecule has 1 atom stereocenters. The van der Waals surface area contributed by atoms with E-state index in [4.69, 9.17) is 9.47 Å². The van der Waals surface area contributed by atoms with Crippen LogP contribution in [0.5, 0.6) is 11.5 Å². The van der Waals surface area contributed by atoms with Crippen molar-refractivity contribution < 1.29 is 9.47 Å². The van der Waals surface area contributed by atoms with Crippen LogP contribution in [-0.2, 0) is 13.0 Å². The standard InChI is InChI=1S/C24H28N4O2/c1-16(2)24-26-13-17(14-27-24)15-28-10-7-19-11-21(29-3)22(30-4)12-20(19)23(28)18-5-8-25-9-6-18/h5-6,8-9,11-14,16,23H,7,10,15H2,1-4H3. The molecule has 2 aromatic heterocycles. The quantitative estimate of drug-likeness (QED) is 0.615. The molecule has 1 unspecified atom stereocenters. The monoisotopic (exact) mass is 404 g/mol. The van der Waals surface area contributed by atoms with Crippen molar-refractivity contribution in [2.24, 2.45) is 0 Å². The lowest BCUT2D eigenvalue weighted by Gasteiger charge is -2.38. The summed E-state index contributed by atoms with van der Waals surface area (Å²) in [6.07, 6.45) is 8.56. The number of aromatic nitrogens is 3. The predicted molar refractivity (Wildman–Crippen MR) is 116 cm³/mol. The van der Waals surface area contributed by atoms with E-state index < -0.39 is 0 Å². The number of rotatable bonds is 6. The van der Waals surface area contributed by atoms with Crippen molar-refractivity contribution in [2.75, 3.05) is 20.8 Å². The fourth-order valence-corrected chi connectivity index (χ4v) is 4.08. The summed E-state index contributed by atoms with van der Waals surface area (Å²) >= 11 is 0. The van der Waals surface area contributed by atoms with Gasteiger partial charge in [-0.1, -0.05) is 13.8 Å². The Balaban J connectivity index is 1.72. The summed E-state index contributed by atoms with van der Waals surface area (Å²) in [5, 5.41) is 0. The molecule has 30 heavy (non-hydrogen) atoms. The van der Waals surface area contributed by atoms with E-state index in [1.54, 1.807) is 14.2 Å². The summed E-state index contributed by atoms with van der Waals surface area (Å²) in [5.41, 5.74) is 4.85. The van der Waals surface area contributed by atoms with E-state index in [1.807, 2.05) is 24.8 Å². The van der Waals surface area contributed by atoms with Crippen LogP contribution in [0.15, 0.2) is 49.1 Å². The largest absolute Gasteiger partial charge is 0.493 e. The minimum Gasteiger partial charge on any atom is -0.493 e. The molecule has 3 aromatic rings. The van der Waals surface area contributed by atoms with Crippen LogP contribution in [0.3, 0.4) is 0 Å². The first-order valence-electron chi connectivity index (χ1n) is 10.3. The van der Waals surface area contributed by atoms with Crippen molar-refractivity contribution in [3.8, 4) is 11.5 Å². The molecule has 4 rings (SSSR count). The molecule has 1 aromatic carbocycles. The number of ether oxygens (including phenoxy) is 2. The lowest BCUT2D eigenvalue weighted by atomic mass is 9.87. The molecule has 0 saturated heterocycles. The molecule has 0 aliphatic carbocycles. The van der Waals surface area contributed by atoms with Gasteiger partial charge in [0.1, 0.15) is 5.82 Å². The van der Waals surface area contributed by atoms with Crippen LogP contribution < -0.4 is 9.47 Å². The van der Waals surface area contributed by atoms with Gasteiger partial charge in [-0.05, 0) is 47.4 Å². The van der Waals surface area contributed by atoms with Gasteiger partial charge >= 0.3 is 0 Å². The predicted octanol–water partition coefficient (Wildman–Crippen LogP) is 4.16. The van der Waals surface area contributed by atoms with Crippen molar-refractivity contribution >= 4 is 0 Å². The molecule has 0 radical (unpaired) electrons. The van der Waals surface area contributed by atoms with Crippen molar-refractivity contribution in [3.63, 3.8) is 0 Å². The number of methoxy groups -OCH3 is 2. The highest BCUT2D eigenvalue weighted by Gasteiger charge is 2.30. The first kappa shape index (κ1) is 20.3. The van der Waals surface area contributed by atoms with E-state index >= 15 is 0 Å². The van der Waals surface area contributed by atoms with Gasteiger partial charge in [0.15, 0.2) is 11.5 Å². The third-order valence-electron chi connectivity index (χ3n) is 5.62. The van der Waals surface area contributed by atoms with Gasteiger partial charge in [-0.3, -0.25) is 9.88 Å². The average Bonchev–Trinajstić information content (AvgIpc) is 2.79. The summed E-state index contributed by atoms with van der Waals surface area (Å²) in [6.45, 7) is 5.93. The highest BCUT2D eigenvalue weighted by molar-refractivity contribution is 5.51. The Morgan fingerprint density at radius 2 is 1.70 bits per heavy atom. The normalized spacial score (nSPS) is 16.4. The molecule has 0 amide bonds. The summed E-state index contributed by atoms with van der Waals surface area (Å²) < 4.78 is 11.1. The summed E-state index contributed by atoms with van der Waals surface area (Å²) in [5.74, 6) is 2.73. The second kappa shape index (κ2) is 8.79. The highest BCUT2D eigenvalue weighted by atomic mass is 16.5. The van der Waals surface area contributed by atoms with Crippen LogP contribution in [-0.4, -0.2) is 40.6 Å². The van der Waals surface area contributed by atoms with E-state index in [2.05, 4.69) is 58.0 Å². The smallest absolute Gasteiger partial charge is 0.161 e. The van der Waals surface area contributed by atoms with Crippen molar-refractivity contribution in [1.82, 2.24) is 19.9 Å². The Labute approximate surface area is 177 Å². The van der Waals surface area contributed by atoms with Gasteiger partial charge in [0, 0.05) is 49.4 Å². The molecule has 0 spiro atoms. The molecule has 0 N–H and O–H groups in total. The molecular formula is C24H28N4O2. The zero-order valence-corrected chi connectivity index (χ0v) is 18.0. The molecule has 6 heteroatoms. The van der Waals surface area contributed by atoms with Gasteiger partial charge < -0.3 is 9.47 Å². The first-order chi connectivity index (χ1) is 14.6. The number of pyridine rings is 1. The lowest BCUT2D eigenvalue weighted by molar-refractivity contribution is 0.203. The Kier molecular flexibility index (Phi) is 5.95. The lowest BCUT2D eigenvalue weighted by Crippen LogP contribution is -2.35. The molecule has 0 fully saturated rings. The second-order valence-corrected chi connectivity index (χ2v) is 7.91. The maximum absolute atomic E-state index is 5.60. The summed E-state index contributed by atoms with van der Waals surface area (Å²) in [4.78, 5) is 15.8. The minimum atomic E-state index is 0.0985. The van der Waals surface area contributed by atoms with Crippen LogP contribution >= 0.6 is 0 Å². The minimum absolute atomic E-state index is 0.0985. The van der Waals surface area contributed by atoms with Gasteiger partial charge in [-0.2, -0.15) is 0 Å². The van der Waals surface area contributed by atoms with Gasteiger partial charge in [-0.25, -0.2) is 9.97 Å². The fraction of sp³-hybridized carbons (Fsp3) is 0.375. The van der Waals surface area contributed by atoms with Gasteiger partial charge in [-0.15, -0.1) is 0 Å². The third kappa shape index (κ3) is 4.00. The maximum Gasteiger partial charge on any atom is 0.161 e. The molecule has 6 nitrogen and oxygen atoms in total. The third-order valence-corrected chi connectivity index (χ3v) is 5.62. The van der Waals surface area contributed by atoms with Gasteiger partial charge in [0.25, 0.3) is 0 Å². The van der Waals surface area contributed by atoms with Crippen LogP contribution in [0.1, 0.15) is 53.9 Å². The number of nitrogens with zero attached hydrogens (tertiary/aromatic N) is 4. The Morgan fingerprint density at radius 1 is 1.03 bits per heavy atom. The fourth-order valence-electron chi connectivity index (χ4n) is 4.08. The average molecular weight is 405 g/mol. The van der Waals surface area contributed by atoms with Crippen LogP contribution in [0.4, 0.5) is 0 Å². The Bertz CT molecular complexity index is 990. The van der Waals surface area contributed by atoms with E-state index in [0.717, 1.165) is 42.4 Å². The van der Waals surface area contributed by atoms with Crippen molar-refractivity contribution in [3.05, 3.63) is 77.1 Å². The number of hydrogen-bond donors (Lipinski definition) is 0. The highest BCUT2D eigenvalue weighted by Crippen LogP contribution is 2.41. The van der Waals surface area contributed by atoms with Crippen molar-refractivity contribution in [1.29, 1.82) is 0 Å². The molecule has 0 saturated carbocycles. The Hall–Kier alpha value is -2.99. The van der Waals surface area contributed by atoms with E-state index in [-0.39, 0.29) is 6.04 Å². The summed E-state index contributed by atoms with van der Waals surface area (Å²) in [6, 6.07) is 8.49. The molecule has 156 valence electrons. The number of hydrogen-bond acceptors (Lipinski definition) is 6. The van der Waals surface area contributed by atoms with E-state index in [0.29, 0.717) is 5.92 Å². The number of benzene rings is 1. The Morgan fingerprint density at radius 3 is 2.33 bits per heavy atom. The first-order valence-corrected chi connectivity index (χ1v) is 10.3. The molecular weight excluding hydrogens is 376 g/mol. The topological polar surface area (TPSA) is 60.4 Å². The van der Waals surface area contributed by atoms with Crippen LogP contribution in [0.25, 0.3) is 0 Å². The second-order valence-electron chi connectivity index (χ2n) is 7.91. The molecule has 0 bridgehead atoms.